The summed E-state index contributed by atoms with van der Waals surface area (Å²) in [4.78, 5) is 18.1. The first-order valence-electron chi connectivity index (χ1n) is 7.51. The van der Waals surface area contributed by atoms with E-state index in [0.717, 1.165) is 24.1 Å². The average Bonchev–Trinajstić information content (AvgIpc) is 2.55. The van der Waals surface area contributed by atoms with Crippen LogP contribution in [0.1, 0.15) is 24.6 Å². The van der Waals surface area contributed by atoms with Crippen molar-refractivity contribution >= 4 is 5.91 Å². The molecule has 114 valence electrons. The van der Waals surface area contributed by atoms with Gasteiger partial charge in [0, 0.05) is 19.3 Å². The number of carbonyl (C=O) groups is 1. The van der Waals surface area contributed by atoms with Crippen molar-refractivity contribution < 1.29 is 4.79 Å². The Bertz CT molecular complexity index is 620. The summed E-state index contributed by atoms with van der Waals surface area (Å²) in [6.45, 7) is 2.54. The quantitative estimate of drug-likeness (QED) is 0.762. The zero-order valence-electron chi connectivity index (χ0n) is 13.2. The van der Waals surface area contributed by atoms with Crippen LogP contribution in [0.4, 0.5) is 0 Å². The van der Waals surface area contributed by atoms with Crippen LogP contribution in [-0.4, -0.2) is 22.8 Å². The molecule has 0 spiro atoms. The van der Waals surface area contributed by atoms with Gasteiger partial charge in [0.25, 0.3) is 0 Å². The molecule has 0 aliphatic carbocycles. The zero-order chi connectivity index (χ0) is 15.8. The van der Waals surface area contributed by atoms with Gasteiger partial charge in [-0.2, -0.15) is 0 Å². The maximum atomic E-state index is 12.2. The molecular weight excluding hydrogens is 272 g/mol. The van der Waals surface area contributed by atoms with Gasteiger partial charge in [-0.25, -0.2) is 0 Å². The summed E-state index contributed by atoms with van der Waals surface area (Å²) in [5, 5.41) is 0. The van der Waals surface area contributed by atoms with Crippen LogP contribution in [0.3, 0.4) is 0 Å². The number of hydrogen-bond donors (Lipinski definition) is 0. The molecule has 0 atom stereocenters. The van der Waals surface area contributed by atoms with Crippen LogP contribution in [0.2, 0.25) is 0 Å². The SMILES string of the molecule is C/C(=C/C(=O)N(C)Cc1ccccn1)CCc1ccccc1. The number of nitrogens with zero attached hydrogens (tertiary/aromatic N) is 2. The number of benzene rings is 1. The topological polar surface area (TPSA) is 33.2 Å². The molecule has 1 amide bonds. The molecule has 22 heavy (non-hydrogen) atoms. The van der Waals surface area contributed by atoms with Crippen molar-refractivity contribution in [3.8, 4) is 0 Å². The van der Waals surface area contributed by atoms with Crippen LogP contribution in [0.25, 0.3) is 0 Å². The van der Waals surface area contributed by atoms with E-state index in [9.17, 15) is 4.79 Å². The number of amides is 1. The Balaban J connectivity index is 1.86. The molecule has 3 heteroatoms. The number of rotatable bonds is 6. The van der Waals surface area contributed by atoms with Crippen LogP contribution in [0.5, 0.6) is 0 Å². The van der Waals surface area contributed by atoms with Crippen molar-refractivity contribution in [3.05, 3.63) is 77.6 Å². The highest BCUT2D eigenvalue weighted by Gasteiger charge is 2.07. The molecule has 1 heterocycles. The second-order valence-corrected chi connectivity index (χ2v) is 5.49. The van der Waals surface area contributed by atoms with Gasteiger partial charge in [-0.3, -0.25) is 9.78 Å². The lowest BCUT2D eigenvalue weighted by Crippen LogP contribution is -2.25. The van der Waals surface area contributed by atoms with Crippen LogP contribution < -0.4 is 0 Å². The van der Waals surface area contributed by atoms with Gasteiger partial charge in [0.15, 0.2) is 0 Å². The van der Waals surface area contributed by atoms with Crippen molar-refractivity contribution in [2.75, 3.05) is 7.05 Å². The molecule has 0 unspecified atom stereocenters. The molecule has 0 saturated carbocycles. The van der Waals surface area contributed by atoms with Crippen LogP contribution >= 0.6 is 0 Å². The molecule has 0 fully saturated rings. The smallest absolute Gasteiger partial charge is 0.246 e. The summed E-state index contributed by atoms with van der Waals surface area (Å²) in [7, 11) is 1.80. The van der Waals surface area contributed by atoms with E-state index < -0.39 is 0 Å². The third-order valence-electron chi connectivity index (χ3n) is 3.52. The Morgan fingerprint density at radius 2 is 1.86 bits per heavy atom. The highest BCUT2D eigenvalue weighted by Crippen LogP contribution is 2.09. The molecule has 3 nitrogen and oxygen atoms in total. The summed E-state index contributed by atoms with van der Waals surface area (Å²) in [6, 6.07) is 16.1. The fraction of sp³-hybridized carbons (Fsp3) is 0.263. The molecule has 1 aromatic carbocycles. The first-order chi connectivity index (χ1) is 10.6. The number of carbonyl (C=O) groups excluding carboxylic acids is 1. The van der Waals surface area contributed by atoms with Crippen molar-refractivity contribution in [1.29, 1.82) is 0 Å². The highest BCUT2D eigenvalue weighted by atomic mass is 16.2. The fourth-order valence-electron chi connectivity index (χ4n) is 2.19. The molecular formula is C19H22N2O. The van der Waals surface area contributed by atoms with E-state index in [2.05, 4.69) is 17.1 Å². The predicted molar refractivity (Wildman–Crippen MR) is 89.2 cm³/mol. The van der Waals surface area contributed by atoms with E-state index >= 15 is 0 Å². The van der Waals surface area contributed by atoms with Crippen molar-refractivity contribution in [3.63, 3.8) is 0 Å². The van der Waals surface area contributed by atoms with E-state index in [1.54, 1.807) is 24.2 Å². The van der Waals surface area contributed by atoms with Gasteiger partial charge in [-0.1, -0.05) is 42.0 Å². The molecule has 1 aromatic heterocycles. The molecule has 0 saturated heterocycles. The molecule has 2 rings (SSSR count). The second-order valence-electron chi connectivity index (χ2n) is 5.49. The minimum Gasteiger partial charge on any atom is -0.336 e. The number of aryl methyl sites for hydroxylation is 1. The van der Waals surface area contributed by atoms with Gasteiger partial charge < -0.3 is 4.90 Å². The Hall–Kier alpha value is -2.42. The van der Waals surface area contributed by atoms with Crippen molar-refractivity contribution in [2.45, 2.75) is 26.3 Å². The third kappa shape index (κ3) is 5.17. The van der Waals surface area contributed by atoms with Gasteiger partial charge >= 0.3 is 0 Å². The Morgan fingerprint density at radius 1 is 1.14 bits per heavy atom. The van der Waals surface area contributed by atoms with Crippen LogP contribution in [-0.2, 0) is 17.8 Å². The van der Waals surface area contributed by atoms with Gasteiger partial charge in [0.2, 0.25) is 5.91 Å². The second kappa shape index (κ2) is 8.13. The maximum Gasteiger partial charge on any atom is 0.246 e. The Morgan fingerprint density at radius 3 is 2.55 bits per heavy atom. The monoisotopic (exact) mass is 294 g/mol. The van der Waals surface area contributed by atoms with Crippen molar-refractivity contribution in [1.82, 2.24) is 9.88 Å². The molecule has 2 aromatic rings. The first kappa shape index (κ1) is 16.0. The first-order valence-corrected chi connectivity index (χ1v) is 7.51. The number of allylic oxidation sites excluding steroid dienone is 1. The van der Waals surface area contributed by atoms with Crippen LogP contribution in [0.15, 0.2) is 66.4 Å². The zero-order valence-corrected chi connectivity index (χ0v) is 13.2. The molecule has 0 N–H and O–H groups in total. The minimum atomic E-state index is 0.0243. The summed E-state index contributed by atoms with van der Waals surface area (Å²) in [5.41, 5.74) is 3.29. The van der Waals surface area contributed by atoms with Gasteiger partial charge in [-0.05, 0) is 37.5 Å². The third-order valence-corrected chi connectivity index (χ3v) is 3.52. The fourth-order valence-corrected chi connectivity index (χ4v) is 2.19. The number of aromatic nitrogens is 1. The van der Waals surface area contributed by atoms with E-state index in [4.69, 9.17) is 0 Å². The summed E-state index contributed by atoms with van der Waals surface area (Å²) >= 11 is 0. The largest absolute Gasteiger partial charge is 0.336 e. The lowest BCUT2D eigenvalue weighted by atomic mass is 10.1. The maximum absolute atomic E-state index is 12.2. The van der Waals surface area contributed by atoms with Gasteiger partial charge in [-0.15, -0.1) is 0 Å². The molecule has 0 bridgehead atoms. The normalized spacial score (nSPS) is 11.3. The summed E-state index contributed by atoms with van der Waals surface area (Å²) < 4.78 is 0. The van der Waals surface area contributed by atoms with Crippen LogP contribution in [0, 0.1) is 0 Å². The Labute approximate surface area is 132 Å². The minimum absolute atomic E-state index is 0.0243. The molecule has 0 aliphatic heterocycles. The van der Waals surface area contributed by atoms with Gasteiger partial charge in [0.1, 0.15) is 0 Å². The number of pyridine rings is 1. The summed E-state index contributed by atoms with van der Waals surface area (Å²) in [5.74, 6) is 0.0243. The predicted octanol–water partition coefficient (Wildman–Crippen LogP) is 3.62. The van der Waals surface area contributed by atoms with E-state index in [0.29, 0.717) is 6.54 Å². The number of likely N-dealkylation sites (N-methyl/N-ethyl adjacent to an activating group) is 1. The molecule has 0 aliphatic rings. The van der Waals surface area contributed by atoms with Crippen molar-refractivity contribution in [2.24, 2.45) is 0 Å². The Kier molecular flexibility index (Phi) is 5.90. The standard InChI is InChI=1S/C19H22N2O/c1-16(11-12-17-8-4-3-5-9-17)14-19(22)21(2)15-18-10-6-7-13-20-18/h3-10,13-14H,11-12,15H2,1-2H3/b16-14-. The lowest BCUT2D eigenvalue weighted by molar-refractivity contribution is -0.125. The number of hydrogen-bond acceptors (Lipinski definition) is 2. The average molecular weight is 294 g/mol. The van der Waals surface area contributed by atoms with E-state index in [1.807, 2.05) is 43.3 Å². The van der Waals surface area contributed by atoms with E-state index in [1.165, 1.54) is 5.56 Å². The van der Waals surface area contributed by atoms with Gasteiger partial charge in [0.05, 0.1) is 12.2 Å². The highest BCUT2D eigenvalue weighted by molar-refractivity contribution is 5.87. The summed E-state index contributed by atoms with van der Waals surface area (Å²) in [6.07, 6.45) is 5.33. The molecule has 0 radical (unpaired) electrons. The van der Waals surface area contributed by atoms with E-state index in [-0.39, 0.29) is 5.91 Å². The lowest BCUT2D eigenvalue weighted by Gasteiger charge is -2.15.